The Kier molecular flexibility index (Phi) is 7.23. The van der Waals surface area contributed by atoms with E-state index < -0.39 is 6.04 Å². The number of thiazole rings is 1. The van der Waals surface area contributed by atoms with E-state index in [4.69, 9.17) is 4.42 Å². The zero-order chi connectivity index (χ0) is 24.1. The van der Waals surface area contributed by atoms with E-state index >= 15 is 0 Å². The monoisotopic (exact) mass is 473 g/mol. The van der Waals surface area contributed by atoms with Crippen LogP contribution in [-0.2, 0) is 17.8 Å². The highest BCUT2D eigenvalue weighted by molar-refractivity contribution is 7.13. The van der Waals surface area contributed by atoms with Crippen molar-refractivity contribution in [2.75, 3.05) is 4.90 Å². The van der Waals surface area contributed by atoms with Crippen LogP contribution >= 0.6 is 11.3 Å². The number of nitrogens with one attached hydrogen (secondary N) is 1. The molecule has 4 aromatic rings. The number of benzene rings is 2. The van der Waals surface area contributed by atoms with E-state index in [9.17, 15) is 9.59 Å². The van der Waals surface area contributed by atoms with Gasteiger partial charge >= 0.3 is 0 Å². The molecular weight excluding hydrogens is 446 g/mol. The minimum absolute atomic E-state index is 0.227. The first-order chi connectivity index (χ1) is 16.5. The van der Waals surface area contributed by atoms with Gasteiger partial charge in [0.25, 0.3) is 5.91 Å². The Morgan fingerprint density at radius 3 is 2.35 bits per heavy atom. The number of anilines is 1. The Morgan fingerprint density at radius 2 is 1.76 bits per heavy atom. The van der Waals surface area contributed by atoms with Crippen LogP contribution in [0.25, 0.3) is 0 Å². The first-order valence-electron chi connectivity index (χ1n) is 11.2. The molecule has 2 heterocycles. The van der Waals surface area contributed by atoms with Crippen LogP contribution < -0.4 is 10.2 Å². The van der Waals surface area contributed by atoms with Gasteiger partial charge in [0.1, 0.15) is 16.7 Å². The quantitative estimate of drug-likeness (QED) is 0.360. The summed E-state index contributed by atoms with van der Waals surface area (Å²) < 4.78 is 5.37. The summed E-state index contributed by atoms with van der Waals surface area (Å²) in [5.41, 5.74) is 3.17. The third-order valence-corrected chi connectivity index (χ3v) is 6.64. The highest BCUT2D eigenvalue weighted by atomic mass is 32.1. The number of carbonyl (C=O) groups excluding carboxylic acids is 2. The van der Waals surface area contributed by atoms with Crippen molar-refractivity contribution in [1.29, 1.82) is 0 Å². The Labute approximate surface area is 203 Å². The maximum Gasteiger partial charge on any atom is 0.271 e. The Morgan fingerprint density at radius 1 is 1.03 bits per heavy atom. The molecule has 2 aromatic heterocycles. The predicted octanol–water partition coefficient (Wildman–Crippen LogP) is 5.62. The normalized spacial score (nSPS) is 11.7. The molecule has 174 valence electrons. The van der Waals surface area contributed by atoms with Gasteiger partial charge in [-0.1, -0.05) is 49.4 Å². The summed E-state index contributed by atoms with van der Waals surface area (Å²) in [6.45, 7) is 6.00. The van der Waals surface area contributed by atoms with E-state index in [1.54, 1.807) is 23.3 Å². The molecule has 0 aliphatic heterocycles. The fraction of sp³-hybridized carbons (Fsp3) is 0.222. The SMILES string of the molecule is CCc1ccc(N(C(=O)c2sc(C)nc2C)C(C(=O)NCc2ccco2)c2ccccc2)cc1. The average molecular weight is 474 g/mol. The van der Waals surface area contributed by atoms with Crippen LogP contribution in [0, 0.1) is 13.8 Å². The van der Waals surface area contributed by atoms with Crippen LogP contribution in [0.3, 0.4) is 0 Å². The van der Waals surface area contributed by atoms with Crippen LogP contribution in [0.2, 0.25) is 0 Å². The van der Waals surface area contributed by atoms with Gasteiger partial charge in [-0.2, -0.15) is 0 Å². The molecule has 2 amide bonds. The van der Waals surface area contributed by atoms with Gasteiger partial charge in [0.05, 0.1) is 23.5 Å². The molecular formula is C27H27N3O3S. The summed E-state index contributed by atoms with van der Waals surface area (Å²) in [7, 11) is 0. The van der Waals surface area contributed by atoms with Gasteiger partial charge in [0.2, 0.25) is 5.91 Å². The number of hydrogen-bond acceptors (Lipinski definition) is 5. The summed E-state index contributed by atoms with van der Waals surface area (Å²) in [5, 5.41) is 3.75. The summed E-state index contributed by atoms with van der Waals surface area (Å²) in [5.74, 6) is 0.0861. The molecule has 1 unspecified atom stereocenters. The number of furan rings is 1. The highest BCUT2D eigenvalue weighted by Gasteiger charge is 2.35. The van der Waals surface area contributed by atoms with Gasteiger partial charge < -0.3 is 9.73 Å². The molecule has 0 bridgehead atoms. The highest BCUT2D eigenvalue weighted by Crippen LogP contribution is 2.32. The maximum absolute atomic E-state index is 14.0. The van der Waals surface area contributed by atoms with Crippen molar-refractivity contribution in [2.45, 2.75) is 39.8 Å². The Bertz CT molecular complexity index is 1250. The second kappa shape index (κ2) is 10.5. The molecule has 0 saturated carbocycles. The van der Waals surface area contributed by atoms with Gasteiger partial charge in [-0.25, -0.2) is 4.98 Å². The number of aryl methyl sites for hydroxylation is 3. The van der Waals surface area contributed by atoms with Gasteiger partial charge in [-0.3, -0.25) is 14.5 Å². The molecule has 0 saturated heterocycles. The van der Waals surface area contributed by atoms with Crippen molar-refractivity contribution in [2.24, 2.45) is 0 Å². The van der Waals surface area contributed by atoms with Crippen molar-refractivity contribution < 1.29 is 14.0 Å². The predicted molar refractivity (Wildman–Crippen MR) is 134 cm³/mol. The Hall–Kier alpha value is -3.71. The van der Waals surface area contributed by atoms with Gasteiger partial charge in [0.15, 0.2) is 0 Å². The lowest BCUT2D eigenvalue weighted by Gasteiger charge is -2.31. The van der Waals surface area contributed by atoms with Gasteiger partial charge in [-0.15, -0.1) is 11.3 Å². The third kappa shape index (κ3) is 5.10. The van der Waals surface area contributed by atoms with E-state index in [0.717, 1.165) is 17.0 Å². The first-order valence-corrected chi connectivity index (χ1v) is 12.0. The smallest absolute Gasteiger partial charge is 0.271 e. The third-order valence-electron chi connectivity index (χ3n) is 5.58. The second-order valence-electron chi connectivity index (χ2n) is 7.95. The minimum Gasteiger partial charge on any atom is -0.467 e. The summed E-state index contributed by atoms with van der Waals surface area (Å²) in [4.78, 5) is 34.2. The van der Waals surface area contributed by atoms with E-state index in [1.807, 2.05) is 68.4 Å². The number of nitrogens with zero attached hydrogens (tertiary/aromatic N) is 2. The lowest BCUT2D eigenvalue weighted by molar-refractivity contribution is -0.122. The zero-order valence-corrected chi connectivity index (χ0v) is 20.3. The number of carbonyl (C=O) groups is 2. The molecule has 34 heavy (non-hydrogen) atoms. The molecule has 0 spiro atoms. The van der Waals surface area contributed by atoms with E-state index in [0.29, 0.717) is 27.6 Å². The van der Waals surface area contributed by atoms with E-state index in [2.05, 4.69) is 17.2 Å². The average Bonchev–Trinajstić information content (AvgIpc) is 3.50. The van der Waals surface area contributed by atoms with Crippen molar-refractivity contribution in [1.82, 2.24) is 10.3 Å². The van der Waals surface area contributed by atoms with E-state index in [-0.39, 0.29) is 18.4 Å². The summed E-state index contributed by atoms with van der Waals surface area (Å²) >= 11 is 1.34. The van der Waals surface area contributed by atoms with Crippen molar-refractivity contribution >= 4 is 28.8 Å². The molecule has 7 heteroatoms. The fourth-order valence-electron chi connectivity index (χ4n) is 3.85. The van der Waals surface area contributed by atoms with E-state index in [1.165, 1.54) is 11.3 Å². The molecule has 1 atom stereocenters. The standard InChI is InChI=1S/C27H27N3O3S/c1-4-20-12-14-22(15-13-20)30(27(32)25-18(2)29-19(3)34-25)24(21-9-6-5-7-10-21)26(31)28-17-23-11-8-16-33-23/h5-16,24H,4,17H2,1-3H3,(H,28,31). The lowest BCUT2D eigenvalue weighted by Crippen LogP contribution is -2.44. The van der Waals surface area contributed by atoms with Crippen LogP contribution in [-0.4, -0.2) is 16.8 Å². The number of hydrogen-bond donors (Lipinski definition) is 1. The Balaban J connectivity index is 1.80. The zero-order valence-electron chi connectivity index (χ0n) is 19.4. The summed E-state index contributed by atoms with van der Waals surface area (Å²) in [6.07, 6.45) is 2.45. The molecule has 6 nitrogen and oxygen atoms in total. The van der Waals surface area contributed by atoms with Gasteiger partial charge in [-0.05, 0) is 55.7 Å². The fourth-order valence-corrected chi connectivity index (χ4v) is 4.71. The van der Waals surface area contributed by atoms with Crippen LogP contribution in [0.15, 0.2) is 77.4 Å². The van der Waals surface area contributed by atoms with Crippen LogP contribution in [0.5, 0.6) is 0 Å². The lowest BCUT2D eigenvalue weighted by atomic mass is 10.0. The first kappa shape index (κ1) is 23.4. The number of rotatable bonds is 8. The topological polar surface area (TPSA) is 75.4 Å². The van der Waals surface area contributed by atoms with Crippen molar-refractivity contribution in [3.05, 3.63) is 105 Å². The molecule has 0 fully saturated rings. The molecule has 0 radical (unpaired) electrons. The van der Waals surface area contributed by atoms with Gasteiger partial charge in [0, 0.05) is 5.69 Å². The number of amides is 2. The largest absolute Gasteiger partial charge is 0.467 e. The molecule has 4 rings (SSSR count). The minimum atomic E-state index is -0.877. The number of aromatic nitrogens is 1. The molecule has 0 aliphatic carbocycles. The van der Waals surface area contributed by atoms with Crippen LogP contribution in [0.4, 0.5) is 5.69 Å². The maximum atomic E-state index is 14.0. The van der Waals surface area contributed by atoms with Crippen LogP contribution in [0.1, 0.15) is 50.2 Å². The summed E-state index contributed by atoms with van der Waals surface area (Å²) in [6, 6.07) is 19.8. The molecule has 1 N–H and O–H groups in total. The van der Waals surface area contributed by atoms with Crippen molar-refractivity contribution in [3.8, 4) is 0 Å². The molecule has 0 aliphatic rings. The molecule has 2 aromatic carbocycles. The second-order valence-corrected chi connectivity index (χ2v) is 9.16. The van der Waals surface area contributed by atoms with Crippen molar-refractivity contribution in [3.63, 3.8) is 0 Å².